The lowest BCUT2D eigenvalue weighted by Crippen LogP contribution is -2.39. The zero-order valence-corrected chi connectivity index (χ0v) is 12.2. The fourth-order valence-electron chi connectivity index (χ4n) is 1.86. The first-order valence-electron chi connectivity index (χ1n) is 6.51. The average Bonchev–Trinajstić information content (AvgIpc) is 2.40. The third-order valence-corrected chi connectivity index (χ3v) is 3.34. The summed E-state index contributed by atoms with van der Waals surface area (Å²) in [5, 5.41) is 13.5. The lowest BCUT2D eigenvalue weighted by atomic mass is 10.1. The van der Waals surface area contributed by atoms with Gasteiger partial charge in [0.25, 0.3) is 0 Å². The summed E-state index contributed by atoms with van der Waals surface area (Å²) in [4.78, 5) is 13.5. The van der Waals surface area contributed by atoms with Crippen molar-refractivity contribution in [2.24, 2.45) is 0 Å². The fourth-order valence-corrected chi connectivity index (χ4v) is 2.12. The Kier molecular flexibility index (Phi) is 6.84. The molecule has 1 aromatic carbocycles. The van der Waals surface area contributed by atoms with Crippen molar-refractivity contribution < 1.29 is 9.90 Å². The van der Waals surface area contributed by atoms with Crippen molar-refractivity contribution in [3.8, 4) is 0 Å². The summed E-state index contributed by atoms with van der Waals surface area (Å²) in [7, 11) is 0. The highest BCUT2D eigenvalue weighted by Gasteiger charge is 2.13. The second-order valence-electron chi connectivity index (χ2n) is 4.23. The van der Waals surface area contributed by atoms with E-state index in [4.69, 9.17) is 11.6 Å². The molecule has 0 bridgehead atoms. The molecular weight excluding hydrogens is 264 g/mol. The van der Waals surface area contributed by atoms with Gasteiger partial charge in [-0.25, -0.2) is 0 Å². The van der Waals surface area contributed by atoms with Crippen molar-refractivity contribution in [3.63, 3.8) is 0 Å². The Morgan fingerprint density at radius 2 is 2.00 bits per heavy atom. The molecule has 0 aromatic heterocycles. The Balaban J connectivity index is 2.41. The van der Waals surface area contributed by atoms with Crippen molar-refractivity contribution in [3.05, 3.63) is 34.9 Å². The molecule has 1 rings (SSSR count). The van der Waals surface area contributed by atoms with Crippen LogP contribution < -0.4 is 5.32 Å². The summed E-state index contributed by atoms with van der Waals surface area (Å²) in [6.07, 6.45) is -0.710. The molecule has 0 aliphatic carbocycles. The van der Waals surface area contributed by atoms with Crippen LogP contribution in [0.15, 0.2) is 24.3 Å². The molecule has 1 aromatic rings. The predicted molar refractivity (Wildman–Crippen MR) is 77.2 cm³/mol. The quantitative estimate of drug-likeness (QED) is 0.803. The Labute approximate surface area is 119 Å². The molecule has 106 valence electrons. The highest BCUT2D eigenvalue weighted by molar-refractivity contribution is 6.31. The zero-order chi connectivity index (χ0) is 14.3. The molecule has 4 nitrogen and oxygen atoms in total. The summed E-state index contributed by atoms with van der Waals surface area (Å²) < 4.78 is 0. The number of likely N-dealkylation sites (N-methyl/N-ethyl adjacent to an activating group) is 1. The second kappa shape index (κ2) is 8.15. The van der Waals surface area contributed by atoms with Crippen LogP contribution in [0.5, 0.6) is 0 Å². The first-order chi connectivity index (χ1) is 9.10. The molecule has 0 spiro atoms. The van der Waals surface area contributed by atoms with E-state index in [1.807, 2.05) is 26.0 Å². The molecular formula is C14H21ClN2O2. The number of nitrogens with zero attached hydrogens (tertiary/aromatic N) is 1. The molecule has 1 atom stereocenters. The van der Waals surface area contributed by atoms with Gasteiger partial charge in [-0.2, -0.15) is 0 Å². The van der Waals surface area contributed by atoms with Crippen LogP contribution in [0.2, 0.25) is 5.02 Å². The Morgan fingerprint density at radius 1 is 1.37 bits per heavy atom. The molecule has 0 aliphatic rings. The minimum Gasteiger partial charge on any atom is -0.387 e. The molecule has 0 heterocycles. The van der Waals surface area contributed by atoms with Gasteiger partial charge in [0.05, 0.1) is 12.6 Å². The van der Waals surface area contributed by atoms with Gasteiger partial charge in [0.1, 0.15) is 0 Å². The van der Waals surface area contributed by atoms with E-state index in [2.05, 4.69) is 5.32 Å². The van der Waals surface area contributed by atoms with Crippen LogP contribution in [-0.2, 0) is 4.79 Å². The lowest BCUT2D eigenvalue weighted by molar-refractivity contribution is -0.129. The third kappa shape index (κ3) is 4.82. The van der Waals surface area contributed by atoms with Gasteiger partial charge in [0, 0.05) is 30.2 Å². The van der Waals surface area contributed by atoms with Gasteiger partial charge >= 0.3 is 0 Å². The largest absolute Gasteiger partial charge is 0.387 e. The minimum absolute atomic E-state index is 0.0383. The van der Waals surface area contributed by atoms with E-state index in [0.29, 0.717) is 30.2 Å². The van der Waals surface area contributed by atoms with Gasteiger partial charge < -0.3 is 15.3 Å². The number of amides is 1. The summed E-state index contributed by atoms with van der Waals surface area (Å²) in [5.41, 5.74) is 0.673. The van der Waals surface area contributed by atoms with Crippen molar-refractivity contribution in [1.82, 2.24) is 10.2 Å². The number of rotatable bonds is 7. The molecule has 5 heteroatoms. The molecule has 0 radical (unpaired) electrons. The standard InChI is InChI=1S/C14H21ClN2O2/c1-3-17(4-2)14(19)10-16-9-13(18)11-7-5-6-8-12(11)15/h5-8,13,16,18H,3-4,9-10H2,1-2H3. The van der Waals surface area contributed by atoms with Crippen molar-refractivity contribution in [2.75, 3.05) is 26.2 Å². The van der Waals surface area contributed by atoms with Crippen molar-refractivity contribution in [1.29, 1.82) is 0 Å². The third-order valence-electron chi connectivity index (χ3n) is 2.99. The van der Waals surface area contributed by atoms with E-state index < -0.39 is 6.10 Å². The zero-order valence-electron chi connectivity index (χ0n) is 11.4. The van der Waals surface area contributed by atoms with E-state index in [1.165, 1.54) is 0 Å². The van der Waals surface area contributed by atoms with E-state index in [9.17, 15) is 9.90 Å². The van der Waals surface area contributed by atoms with E-state index in [-0.39, 0.29) is 12.5 Å². The average molecular weight is 285 g/mol. The second-order valence-corrected chi connectivity index (χ2v) is 4.64. The van der Waals surface area contributed by atoms with Gasteiger partial charge in [-0.15, -0.1) is 0 Å². The summed E-state index contributed by atoms with van der Waals surface area (Å²) in [6.45, 7) is 5.81. The van der Waals surface area contributed by atoms with E-state index in [0.717, 1.165) is 0 Å². The maximum absolute atomic E-state index is 11.7. The molecule has 0 saturated heterocycles. The van der Waals surface area contributed by atoms with Crippen LogP contribution in [0.25, 0.3) is 0 Å². The predicted octanol–water partition coefficient (Wildman–Crippen LogP) is 1.83. The van der Waals surface area contributed by atoms with Crippen LogP contribution in [0.4, 0.5) is 0 Å². The summed E-state index contributed by atoms with van der Waals surface area (Å²) in [6, 6.07) is 7.16. The number of nitrogens with one attached hydrogen (secondary N) is 1. The normalized spacial score (nSPS) is 12.2. The SMILES string of the molecule is CCN(CC)C(=O)CNCC(O)c1ccccc1Cl. The molecule has 2 N–H and O–H groups in total. The highest BCUT2D eigenvalue weighted by atomic mass is 35.5. The van der Waals surface area contributed by atoms with Crippen molar-refractivity contribution in [2.45, 2.75) is 20.0 Å². The maximum Gasteiger partial charge on any atom is 0.236 e. The lowest BCUT2D eigenvalue weighted by Gasteiger charge is -2.19. The van der Waals surface area contributed by atoms with Crippen LogP contribution in [0.1, 0.15) is 25.5 Å². The number of carbonyl (C=O) groups is 1. The smallest absolute Gasteiger partial charge is 0.236 e. The first-order valence-corrected chi connectivity index (χ1v) is 6.88. The molecule has 1 unspecified atom stereocenters. The molecule has 0 aliphatic heterocycles. The number of hydrogen-bond acceptors (Lipinski definition) is 3. The molecule has 0 saturated carbocycles. The summed E-state index contributed by atoms with van der Waals surface area (Å²) in [5.74, 6) is 0.0383. The Hall–Kier alpha value is -1.10. The maximum atomic E-state index is 11.7. The van der Waals surface area contributed by atoms with Crippen LogP contribution in [0.3, 0.4) is 0 Å². The van der Waals surface area contributed by atoms with Crippen molar-refractivity contribution >= 4 is 17.5 Å². The number of aliphatic hydroxyl groups is 1. The van der Waals surface area contributed by atoms with Crippen LogP contribution in [-0.4, -0.2) is 42.1 Å². The van der Waals surface area contributed by atoms with Gasteiger partial charge in [-0.3, -0.25) is 4.79 Å². The molecule has 19 heavy (non-hydrogen) atoms. The number of halogens is 1. The highest BCUT2D eigenvalue weighted by Crippen LogP contribution is 2.21. The molecule has 0 fully saturated rings. The number of carbonyl (C=O) groups excluding carboxylic acids is 1. The number of hydrogen-bond donors (Lipinski definition) is 2. The van der Waals surface area contributed by atoms with Crippen LogP contribution >= 0.6 is 11.6 Å². The Morgan fingerprint density at radius 3 is 2.58 bits per heavy atom. The minimum atomic E-state index is -0.710. The van der Waals surface area contributed by atoms with Gasteiger partial charge in [-0.1, -0.05) is 29.8 Å². The first kappa shape index (κ1) is 16.0. The van der Waals surface area contributed by atoms with Crippen LogP contribution in [0, 0.1) is 0 Å². The van der Waals surface area contributed by atoms with Gasteiger partial charge in [0.2, 0.25) is 5.91 Å². The number of aliphatic hydroxyl groups excluding tert-OH is 1. The number of benzene rings is 1. The monoisotopic (exact) mass is 284 g/mol. The summed E-state index contributed by atoms with van der Waals surface area (Å²) >= 11 is 5.99. The Bertz CT molecular complexity index is 408. The fraction of sp³-hybridized carbons (Fsp3) is 0.500. The van der Waals surface area contributed by atoms with E-state index in [1.54, 1.807) is 17.0 Å². The topological polar surface area (TPSA) is 52.6 Å². The van der Waals surface area contributed by atoms with Gasteiger partial charge in [0.15, 0.2) is 0 Å². The molecule has 1 amide bonds. The van der Waals surface area contributed by atoms with Gasteiger partial charge in [-0.05, 0) is 19.9 Å². The van der Waals surface area contributed by atoms with E-state index >= 15 is 0 Å².